The summed E-state index contributed by atoms with van der Waals surface area (Å²) in [6.07, 6.45) is 0.462. The highest BCUT2D eigenvalue weighted by Gasteiger charge is 2.54. The van der Waals surface area contributed by atoms with Gasteiger partial charge < -0.3 is 14.8 Å². The van der Waals surface area contributed by atoms with Crippen LogP contribution in [0, 0.1) is 5.92 Å². The van der Waals surface area contributed by atoms with Crippen LogP contribution < -0.4 is 14.8 Å². The molecule has 0 bridgehead atoms. The molecule has 1 saturated carbocycles. The number of ether oxygens (including phenoxy) is 2. The van der Waals surface area contributed by atoms with Crippen LogP contribution in [0.1, 0.15) is 63.1 Å². The Hall–Kier alpha value is -2.56. The fraction of sp³-hybridized carbons (Fsp3) is 0.519. The van der Waals surface area contributed by atoms with E-state index >= 15 is 0 Å². The van der Waals surface area contributed by atoms with E-state index in [1.807, 2.05) is 70.2 Å². The smallest absolute Gasteiger partial charge is 0.230 e. The number of methoxy groups -OCH3 is 1. The molecule has 2 aromatic carbocycles. The van der Waals surface area contributed by atoms with E-state index in [2.05, 4.69) is 5.32 Å². The van der Waals surface area contributed by atoms with E-state index in [9.17, 15) is 9.18 Å². The van der Waals surface area contributed by atoms with E-state index < -0.39 is 17.7 Å². The molecule has 3 unspecified atom stereocenters. The average Bonchev–Trinajstić information content (AvgIpc) is 3.23. The van der Waals surface area contributed by atoms with Crippen molar-refractivity contribution in [3.05, 3.63) is 59.2 Å². The molecular weight excluding hydrogens is 405 g/mol. The summed E-state index contributed by atoms with van der Waals surface area (Å²) in [6, 6.07) is 13.8. The molecule has 3 aliphatic rings. The van der Waals surface area contributed by atoms with Crippen LogP contribution in [0.3, 0.4) is 0 Å². The Balaban J connectivity index is 0.00000119. The molecule has 5 rings (SSSR count). The second-order valence-electron chi connectivity index (χ2n) is 9.31. The minimum atomic E-state index is -0.994. The molecular formula is C27H34FNO3. The van der Waals surface area contributed by atoms with Gasteiger partial charge in [0.25, 0.3) is 0 Å². The number of hydrogen-bond donors (Lipinski definition) is 1. The number of carbonyl (C=O) groups excluding carboxylic acids is 1. The summed E-state index contributed by atoms with van der Waals surface area (Å²) in [5.74, 6) is 1.51. The van der Waals surface area contributed by atoms with Crippen molar-refractivity contribution in [3.63, 3.8) is 0 Å². The first-order valence-corrected chi connectivity index (χ1v) is 11.8. The molecule has 1 aliphatic heterocycles. The third kappa shape index (κ3) is 3.56. The second-order valence-corrected chi connectivity index (χ2v) is 9.31. The number of nitrogens with one attached hydrogen (secondary N) is 1. The lowest BCUT2D eigenvalue weighted by atomic mass is 9.64. The highest BCUT2D eigenvalue weighted by Crippen LogP contribution is 2.57. The fourth-order valence-corrected chi connectivity index (χ4v) is 5.60. The van der Waals surface area contributed by atoms with Crippen LogP contribution in [0.4, 0.5) is 4.39 Å². The minimum absolute atomic E-state index is 0.00808. The molecule has 0 radical (unpaired) electrons. The molecule has 1 fully saturated rings. The Morgan fingerprint density at radius 2 is 1.84 bits per heavy atom. The number of carbonyl (C=O) groups is 1. The molecule has 0 aromatic heterocycles. The molecule has 1 N–H and O–H groups in total. The lowest BCUT2D eigenvalue weighted by Crippen LogP contribution is -2.54. The summed E-state index contributed by atoms with van der Waals surface area (Å²) in [6.45, 7) is 7.91. The lowest BCUT2D eigenvalue weighted by molar-refractivity contribution is -0.127. The maximum atomic E-state index is 14.8. The minimum Gasteiger partial charge on any atom is -0.493 e. The van der Waals surface area contributed by atoms with Gasteiger partial charge in [-0.25, -0.2) is 4.39 Å². The van der Waals surface area contributed by atoms with Gasteiger partial charge in [0.1, 0.15) is 12.3 Å². The predicted octanol–water partition coefficient (Wildman–Crippen LogP) is 5.33. The van der Waals surface area contributed by atoms with Crippen LogP contribution in [-0.4, -0.2) is 31.3 Å². The number of rotatable bonds is 4. The molecule has 2 aromatic rings. The van der Waals surface area contributed by atoms with E-state index in [0.29, 0.717) is 17.9 Å². The summed E-state index contributed by atoms with van der Waals surface area (Å²) in [7, 11) is 1.62. The maximum absolute atomic E-state index is 14.8. The van der Waals surface area contributed by atoms with Crippen LogP contribution in [0.25, 0.3) is 0 Å². The van der Waals surface area contributed by atoms with Crippen molar-refractivity contribution >= 4 is 5.91 Å². The third-order valence-corrected chi connectivity index (χ3v) is 7.34. The van der Waals surface area contributed by atoms with Crippen LogP contribution in [0.15, 0.2) is 42.5 Å². The topological polar surface area (TPSA) is 47.6 Å². The summed E-state index contributed by atoms with van der Waals surface area (Å²) >= 11 is 0. The molecule has 32 heavy (non-hydrogen) atoms. The van der Waals surface area contributed by atoms with Gasteiger partial charge in [0.2, 0.25) is 5.91 Å². The quantitative estimate of drug-likeness (QED) is 0.700. The molecule has 1 amide bonds. The Bertz CT molecular complexity index is 974. The van der Waals surface area contributed by atoms with E-state index in [1.165, 1.54) is 0 Å². The molecule has 5 heteroatoms. The molecule has 1 heterocycles. The van der Waals surface area contributed by atoms with Gasteiger partial charge >= 0.3 is 0 Å². The normalized spacial score (nSPS) is 27.4. The number of amides is 1. The average molecular weight is 440 g/mol. The van der Waals surface area contributed by atoms with E-state index in [-0.39, 0.29) is 23.8 Å². The molecule has 172 valence electrons. The fourth-order valence-electron chi connectivity index (χ4n) is 5.60. The van der Waals surface area contributed by atoms with Crippen molar-refractivity contribution < 1.29 is 18.7 Å². The third-order valence-electron chi connectivity index (χ3n) is 7.34. The monoisotopic (exact) mass is 439 g/mol. The van der Waals surface area contributed by atoms with E-state index in [1.54, 1.807) is 7.11 Å². The number of alkyl halides is 1. The Morgan fingerprint density at radius 3 is 2.53 bits per heavy atom. The zero-order valence-electron chi connectivity index (χ0n) is 19.7. The predicted molar refractivity (Wildman–Crippen MR) is 124 cm³/mol. The molecule has 0 spiro atoms. The molecule has 2 aliphatic carbocycles. The van der Waals surface area contributed by atoms with Gasteiger partial charge in [-0.1, -0.05) is 50.2 Å². The summed E-state index contributed by atoms with van der Waals surface area (Å²) in [5, 5.41) is 3.34. The number of benzene rings is 2. The summed E-state index contributed by atoms with van der Waals surface area (Å²) < 4.78 is 26.4. The first kappa shape index (κ1) is 22.6. The van der Waals surface area contributed by atoms with Gasteiger partial charge in [-0.05, 0) is 56.2 Å². The van der Waals surface area contributed by atoms with Crippen molar-refractivity contribution in [2.24, 2.45) is 5.92 Å². The van der Waals surface area contributed by atoms with Crippen molar-refractivity contribution in [1.82, 2.24) is 5.32 Å². The first-order chi connectivity index (χ1) is 15.4. The number of halogens is 1. The zero-order chi connectivity index (χ0) is 23.0. The van der Waals surface area contributed by atoms with Gasteiger partial charge in [0, 0.05) is 17.5 Å². The van der Waals surface area contributed by atoms with Crippen LogP contribution in [0.5, 0.6) is 11.5 Å². The molecule has 5 atom stereocenters. The molecule has 0 saturated heterocycles. The number of hydrogen-bond acceptors (Lipinski definition) is 3. The Morgan fingerprint density at radius 1 is 1.12 bits per heavy atom. The van der Waals surface area contributed by atoms with Crippen molar-refractivity contribution in [2.45, 2.75) is 76.6 Å². The Labute approximate surface area is 190 Å². The summed E-state index contributed by atoms with van der Waals surface area (Å²) in [5.41, 5.74) is 2.57. The van der Waals surface area contributed by atoms with Gasteiger partial charge in [-0.3, -0.25) is 4.79 Å². The van der Waals surface area contributed by atoms with Gasteiger partial charge in [-0.15, -0.1) is 0 Å². The van der Waals surface area contributed by atoms with Gasteiger partial charge in [-0.2, -0.15) is 0 Å². The van der Waals surface area contributed by atoms with E-state index in [4.69, 9.17) is 9.47 Å². The van der Waals surface area contributed by atoms with Crippen LogP contribution >= 0.6 is 0 Å². The SMILES string of the molecule is CC.COc1ccc2c3c1O[C@@H]1C(F)CCC(C31)[C@@H](NC(=O)C(C)(C)c1ccccc1)C2. The Kier molecular flexibility index (Phi) is 6.19. The largest absolute Gasteiger partial charge is 0.493 e. The van der Waals surface area contributed by atoms with Crippen LogP contribution in [-0.2, 0) is 16.6 Å². The zero-order valence-corrected chi connectivity index (χ0v) is 19.7. The van der Waals surface area contributed by atoms with Gasteiger partial charge in [0.15, 0.2) is 11.5 Å². The first-order valence-electron chi connectivity index (χ1n) is 11.8. The van der Waals surface area contributed by atoms with Crippen molar-refractivity contribution in [3.8, 4) is 11.5 Å². The van der Waals surface area contributed by atoms with Gasteiger partial charge in [0.05, 0.1) is 12.5 Å². The second kappa shape index (κ2) is 8.76. The molecule has 4 nitrogen and oxygen atoms in total. The van der Waals surface area contributed by atoms with Crippen LogP contribution in [0.2, 0.25) is 0 Å². The van der Waals surface area contributed by atoms with Crippen molar-refractivity contribution in [1.29, 1.82) is 0 Å². The lowest BCUT2D eigenvalue weighted by Gasteiger charge is -2.44. The highest BCUT2D eigenvalue weighted by atomic mass is 19.1. The summed E-state index contributed by atoms with van der Waals surface area (Å²) in [4.78, 5) is 13.3. The van der Waals surface area contributed by atoms with E-state index in [0.717, 1.165) is 29.5 Å². The highest BCUT2D eigenvalue weighted by molar-refractivity contribution is 5.87. The van der Waals surface area contributed by atoms with Crippen molar-refractivity contribution in [2.75, 3.05) is 7.11 Å². The maximum Gasteiger partial charge on any atom is 0.230 e. The standard InChI is InChI=1S/C25H28FNO3.C2H6/c1-25(2,15-7-5-4-6-8-15)24(28)27-18-13-14-9-12-19(29-3)23-20(14)21-16(18)10-11-17(26)22(21)30-23;1-2/h4-9,12,16-18,21-22H,10-11,13H2,1-3H3,(H,27,28);1-2H3/t16?,17?,18-,21?,22+;/m0./s1.